The third-order valence-corrected chi connectivity index (χ3v) is 3.47. The molecule has 3 nitrogen and oxygen atoms in total. The van der Waals surface area contributed by atoms with Crippen molar-refractivity contribution >= 4 is 11.7 Å². The average molecular weight is 299 g/mol. The first-order valence-corrected chi connectivity index (χ1v) is 6.84. The lowest BCUT2D eigenvalue weighted by molar-refractivity contribution is -0.188. The Balaban J connectivity index is 2.34. The molecule has 0 spiro atoms. The Morgan fingerprint density at radius 2 is 2.14 bits per heavy atom. The number of unbranched alkanes of at least 4 members (excludes halogenated alkanes) is 1. The molecule has 0 amide bonds. The topological polar surface area (TPSA) is 39.2 Å². The number of cyclic esters (lactones) is 1. The molecule has 0 aromatic carbocycles. The number of pyridine rings is 1. The van der Waals surface area contributed by atoms with Crippen LogP contribution in [-0.2, 0) is 9.53 Å². The van der Waals surface area contributed by atoms with Crippen LogP contribution in [0.2, 0.25) is 0 Å². The van der Waals surface area contributed by atoms with Gasteiger partial charge in [-0.25, -0.2) is 0 Å². The van der Waals surface area contributed by atoms with E-state index in [2.05, 4.69) is 4.98 Å². The molecule has 2 atom stereocenters. The van der Waals surface area contributed by atoms with Gasteiger partial charge in [-0.1, -0.05) is 19.8 Å². The number of nitrogens with zero attached hydrogens (tertiary/aromatic N) is 1. The number of aromatic nitrogens is 1. The van der Waals surface area contributed by atoms with E-state index in [1.54, 1.807) is 12.1 Å². The predicted octanol–water partition coefficient (Wildman–Crippen LogP) is 3.96. The summed E-state index contributed by atoms with van der Waals surface area (Å²) in [6.45, 7) is 1.87. The maximum atomic E-state index is 13.2. The number of alkyl halides is 3. The Kier molecular flexibility index (Phi) is 4.65. The Labute approximate surface area is 120 Å². The molecule has 0 radical (unpaired) electrons. The monoisotopic (exact) mass is 299 g/mol. The van der Waals surface area contributed by atoms with Crippen LogP contribution in [0.3, 0.4) is 0 Å². The van der Waals surface area contributed by atoms with Crippen LogP contribution in [0.25, 0.3) is 5.76 Å². The van der Waals surface area contributed by atoms with Crippen LogP contribution in [-0.4, -0.2) is 17.1 Å². The normalized spacial score (nSPS) is 22.7. The van der Waals surface area contributed by atoms with E-state index in [0.29, 0.717) is 12.0 Å². The van der Waals surface area contributed by atoms with Gasteiger partial charge in [-0.05, 0) is 24.6 Å². The fourth-order valence-corrected chi connectivity index (χ4v) is 2.35. The molecule has 0 N–H and O–H groups in total. The van der Waals surface area contributed by atoms with E-state index in [9.17, 15) is 18.0 Å². The third kappa shape index (κ3) is 3.62. The highest BCUT2D eigenvalue weighted by Gasteiger charge is 2.49. The minimum absolute atomic E-state index is 0.0665. The Bertz CT molecular complexity index is 525. The van der Waals surface area contributed by atoms with Crippen molar-refractivity contribution in [2.75, 3.05) is 0 Å². The number of hydrogen-bond donors (Lipinski definition) is 0. The lowest BCUT2D eigenvalue weighted by Crippen LogP contribution is -2.37. The van der Waals surface area contributed by atoms with Crippen molar-refractivity contribution in [3.63, 3.8) is 0 Å². The quantitative estimate of drug-likeness (QED) is 0.790. The molecule has 1 aliphatic heterocycles. The second kappa shape index (κ2) is 6.28. The summed E-state index contributed by atoms with van der Waals surface area (Å²) >= 11 is 0. The number of carbonyl (C=O) groups is 1. The van der Waals surface area contributed by atoms with Gasteiger partial charge in [0.25, 0.3) is 0 Å². The van der Waals surface area contributed by atoms with Crippen LogP contribution in [0, 0.1) is 11.8 Å². The molecule has 0 unspecified atom stereocenters. The number of halogens is 3. The van der Waals surface area contributed by atoms with Crippen molar-refractivity contribution < 1.29 is 22.7 Å². The summed E-state index contributed by atoms with van der Waals surface area (Å²) in [6, 6.07) is 3.14. The highest BCUT2D eigenvalue weighted by Crippen LogP contribution is 2.41. The fraction of sp³-hybridized carbons (Fsp3) is 0.467. The van der Waals surface area contributed by atoms with Gasteiger partial charge in [-0.3, -0.25) is 9.78 Å². The molecule has 114 valence electrons. The van der Waals surface area contributed by atoms with Crippen molar-refractivity contribution in [3.05, 3.63) is 36.2 Å². The van der Waals surface area contributed by atoms with E-state index >= 15 is 0 Å². The molecule has 2 heterocycles. The number of rotatable bonds is 4. The van der Waals surface area contributed by atoms with Gasteiger partial charge in [0.05, 0.1) is 11.8 Å². The summed E-state index contributed by atoms with van der Waals surface area (Å²) in [7, 11) is 0. The van der Waals surface area contributed by atoms with Crippen molar-refractivity contribution in [1.29, 1.82) is 0 Å². The van der Waals surface area contributed by atoms with E-state index in [4.69, 9.17) is 4.74 Å². The first kappa shape index (κ1) is 15.5. The number of esters is 1. The fourth-order valence-electron chi connectivity index (χ4n) is 2.35. The molecule has 0 aliphatic carbocycles. The standard InChI is InChI=1S/C15H16F3NO2/c1-2-3-6-11-12(15(16,17)18)8-13(21-14(11)20)10-5-4-7-19-9-10/h4-5,7-9,11-12H,2-3,6H2,1H3/t11-,12-/m0/s1. The molecule has 6 heteroatoms. The minimum atomic E-state index is -4.47. The van der Waals surface area contributed by atoms with Crippen LogP contribution in [0.1, 0.15) is 31.7 Å². The summed E-state index contributed by atoms with van der Waals surface area (Å²) in [5.41, 5.74) is 0.369. The highest BCUT2D eigenvalue weighted by molar-refractivity contribution is 5.83. The SMILES string of the molecule is CCCC[C@@H]1C(=O)OC(c2cccnc2)=C[C@@H]1C(F)(F)F. The first-order chi connectivity index (χ1) is 9.93. The number of carbonyl (C=O) groups excluding carboxylic acids is 1. The van der Waals surface area contributed by atoms with Gasteiger partial charge >= 0.3 is 12.1 Å². The van der Waals surface area contributed by atoms with Gasteiger partial charge < -0.3 is 4.74 Å². The number of hydrogen-bond acceptors (Lipinski definition) is 3. The number of ether oxygens (including phenoxy) is 1. The lowest BCUT2D eigenvalue weighted by Gasteiger charge is -2.30. The Morgan fingerprint density at radius 1 is 1.38 bits per heavy atom. The van der Waals surface area contributed by atoms with Gasteiger partial charge in [0, 0.05) is 18.0 Å². The lowest BCUT2D eigenvalue weighted by atomic mass is 9.84. The second-order valence-corrected chi connectivity index (χ2v) is 5.01. The Hall–Kier alpha value is -1.85. The van der Waals surface area contributed by atoms with Gasteiger partial charge in [-0.2, -0.15) is 13.2 Å². The van der Waals surface area contributed by atoms with Gasteiger partial charge in [0.2, 0.25) is 0 Å². The number of allylic oxidation sites excluding steroid dienone is 1. The van der Waals surface area contributed by atoms with Gasteiger partial charge in [-0.15, -0.1) is 0 Å². The van der Waals surface area contributed by atoms with Gasteiger partial charge in [0.15, 0.2) is 0 Å². The molecule has 2 rings (SSSR count). The molecule has 21 heavy (non-hydrogen) atoms. The molecule has 1 aromatic rings. The molecule has 1 aromatic heterocycles. The zero-order chi connectivity index (χ0) is 15.5. The maximum Gasteiger partial charge on any atom is 0.396 e. The van der Waals surface area contributed by atoms with E-state index in [1.165, 1.54) is 12.4 Å². The second-order valence-electron chi connectivity index (χ2n) is 5.01. The molecular weight excluding hydrogens is 283 g/mol. The highest BCUT2D eigenvalue weighted by atomic mass is 19.4. The largest absolute Gasteiger partial charge is 0.426 e. The van der Waals surface area contributed by atoms with Crippen LogP contribution in [0.4, 0.5) is 13.2 Å². The van der Waals surface area contributed by atoms with Crippen LogP contribution < -0.4 is 0 Å². The predicted molar refractivity (Wildman–Crippen MR) is 70.9 cm³/mol. The first-order valence-electron chi connectivity index (χ1n) is 6.84. The summed E-state index contributed by atoms with van der Waals surface area (Å²) in [5, 5.41) is 0. The van der Waals surface area contributed by atoms with E-state index in [1.807, 2.05) is 6.92 Å². The van der Waals surface area contributed by atoms with E-state index < -0.39 is 24.0 Å². The van der Waals surface area contributed by atoms with Crippen molar-refractivity contribution in [3.8, 4) is 0 Å². The van der Waals surface area contributed by atoms with Crippen molar-refractivity contribution in [2.45, 2.75) is 32.4 Å². The average Bonchev–Trinajstić information content (AvgIpc) is 2.45. The zero-order valence-corrected chi connectivity index (χ0v) is 11.6. The summed E-state index contributed by atoms with van der Waals surface area (Å²) < 4.78 is 44.7. The molecule has 1 aliphatic rings. The zero-order valence-electron chi connectivity index (χ0n) is 11.6. The van der Waals surface area contributed by atoms with Crippen LogP contribution in [0.5, 0.6) is 0 Å². The molecule has 0 bridgehead atoms. The molecule has 0 saturated carbocycles. The molecule has 0 saturated heterocycles. The van der Waals surface area contributed by atoms with Crippen LogP contribution in [0.15, 0.2) is 30.6 Å². The molecular formula is C15H16F3NO2. The summed E-state index contributed by atoms with van der Waals surface area (Å²) in [5.74, 6) is -3.85. The van der Waals surface area contributed by atoms with Gasteiger partial charge in [0.1, 0.15) is 5.76 Å². The molecule has 0 fully saturated rings. The third-order valence-electron chi connectivity index (χ3n) is 3.47. The smallest absolute Gasteiger partial charge is 0.396 e. The summed E-state index contributed by atoms with van der Waals surface area (Å²) in [6.07, 6.45) is 0.870. The van der Waals surface area contributed by atoms with E-state index in [0.717, 1.165) is 12.5 Å². The van der Waals surface area contributed by atoms with Crippen LogP contribution >= 0.6 is 0 Å². The maximum absolute atomic E-state index is 13.2. The Morgan fingerprint density at radius 3 is 2.71 bits per heavy atom. The summed E-state index contributed by atoms with van der Waals surface area (Å²) in [4.78, 5) is 15.8. The van der Waals surface area contributed by atoms with E-state index in [-0.39, 0.29) is 12.2 Å². The van der Waals surface area contributed by atoms with Crippen molar-refractivity contribution in [1.82, 2.24) is 4.98 Å². The minimum Gasteiger partial charge on any atom is -0.426 e. The van der Waals surface area contributed by atoms with Crippen molar-refractivity contribution in [2.24, 2.45) is 11.8 Å².